The van der Waals surface area contributed by atoms with Crippen molar-refractivity contribution in [3.63, 3.8) is 0 Å². The third-order valence-corrected chi connectivity index (χ3v) is 5.74. The Morgan fingerprint density at radius 1 is 1.09 bits per heavy atom. The molecule has 1 saturated heterocycles. The maximum atomic E-state index is 12.6. The predicted octanol–water partition coefficient (Wildman–Crippen LogP) is 4.71. The van der Waals surface area contributed by atoms with Crippen LogP contribution in [0.15, 0.2) is 48.5 Å². The quantitative estimate of drug-likeness (QED) is 0.500. The Balaban J connectivity index is 1.59. The van der Waals surface area contributed by atoms with Crippen molar-refractivity contribution in [2.24, 2.45) is 0 Å². The van der Waals surface area contributed by atoms with Gasteiger partial charge in [0.1, 0.15) is 12.2 Å². The minimum atomic E-state index is -0.633. The number of nitrogens with zero attached hydrogens (tertiary/aromatic N) is 1. The number of carbonyl (C=O) groups is 2. The van der Waals surface area contributed by atoms with Crippen molar-refractivity contribution in [3.05, 3.63) is 59.1 Å². The average molecular weight is 503 g/mol. The first kappa shape index (κ1) is 27.0. The fraction of sp³-hybridized carbons (Fsp3) is 0.481. The maximum Gasteiger partial charge on any atom is 0.407 e. The highest BCUT2D eigenvalue weighted by molar-refractivity contribution is 6.30. The van der Waals surface area contributed by atoms with E-state index in [0.717, 1.165) is 29.8 Å². The second kappa shape index (κ2) is 12.9. The van der Waals surface area contributed by atoms with Gasteiger partial charge in [0.2, 0.25) is 0 Å². The van der Waals surface area contributed by atoms with Crippen LogP contribution in [0.25, 0.3) is 11.1 Å². The van der Waals surface area contributed by atoms with Gasteiger partial charge in [-0.3, -0.25) is 9.69 Å². The summed E-state index contributed by atoms with van der Waals surface area (Å²) in [5.74, 6) is -0.352. The molecule has 1 unspecified atom stereocenters. The van der Waals surface area contributed by atoms with Gasteiger partial charge in [-0.2, -0.15) is 0 Å². The molecule has 2 aromatic carbocycles. The number of halogens is 1. The molecule has 0 radical (unpaired) electrons. The van der Waals surface area contributed by atoms with Gasteiger partial charge in [0.25, 0.3) is 0 Å². The molecule has 0 bridgehead atoms. The van der Waals surface area contributed by atoms with Crippen LogP contribution in [0.4, 0.5) is 4.79 Å². The highest BCUT2D eigenvalue weighted by Gasteiger charge is 2.22. The number of benzene rings is 2. The minimum Gasteiger partial charge on any atom is -0.464 e. The smallest absolute Gasteiger partial charge is 0.407 e. The monoisotopic (exact) mass is 502 g/mol. The van der Waals surface area contributed by atoms with Crippen molar-refractivity contribution in [2.75, 3.05) is 39.5 Å². The third-order valence-electron chi connectivity index (χ3n) is 5.50. The van der Waals surface area contributed by atoms with E-state index in [4.69, 9.17) is 25.8 Å². The SMILES string of the molecule is CC(C)(C)OC(=O)NC(CC(=O)OCCN1CCOCC1)Cc1ccc(-c2cccc(Cl)c2)cc1. The number of rotatable bonds is 9. The topological polar surface area (TPSA) is 77.1 Å². The number of hydrogen-bond donors (Lipinski definition) is 1. The van der Waals surface area contributed by atoms with E-state index in [0.29, 0.717) is 37.8 Å². The molecule has 1 fully saturated rings. The van der Waals surface area contributed by atoms with Gasteiger partial charge in [0, 0.05) is 30.7 Å². The molecular formula is C27H35ClN2O5. The zero-order valence-corrected chi connectivity index (χ0v) is 21.5. The first-order chi connectivity index (χ1) is 16.7. The lowest BCUT2D eigenvalue weighted by Crippen LogP contribution is -2.42. The number of ether oxygens (including phenoxy) is 3. The van der Waals surface area contributed by atoms with Crippen LogP contribution in [-0.4, -0.2) is 68.1 Å². The van der Waals surface area contributed by atoms with E-state index in [-0.39, 0.29) is 12.4 Å². The molecule has 3 rings (SSSR count). The molecule has 1 aliphatic rings. The molecule has 0 aromatic heterocycles. The summed E-state index contributed by atoms with van der Waals surface area (Å²) in [4.78, 5) is 27.2. The van der Waals surface area contributed by atoms with Crippen LogP contribution in [0.1, 0.15) is 32.8 Å². The van der Waals surface area contributed by atoms with Crippen LogP contribution in [0.3, 0.4) is 0 Å². The van der Waals surface area contributed by atoms with E-state index in [2.05, 4.69) is 10.2 Å². The molecule has 2 aromatic rings. The van der Waals surface area contributed by atoms with Gasteiger partial charge >= 0.3 is 12.1 Å². The predicted molar refractivity (Wildman–Crippen MR) is 137 cm³/mol. The summed E-state index contributed by atoms with van der Waals surface area (Å²) in [7, 11) is 0. The summed E-state index contributed by atoms with van der Waals surface area (Å²) in [5.41, 5.74) is 2.41. The second-order valence-electron chi connectivity index (χ2n) is 9.63. The largest absolute Gasteiger partial charge is 0.464 e. The van der Waals surface area contributed by atoms with Crippen molar-refractivity contribution in [1.29, 1.82) is 0 Å². The van der Waals surface area contributed by atoms with Gasteiger partial charge in [0.15, 0.2) is 0 Å². The minimum absolute atomic E-state index is 0.0540. The van der Waals surface area contributed by atoms with E-state index in [1.54, 1.807) is 20.8 Å². The first-order valence-electron chi connectivity index (χ1n) is 12.0. The molecule has 8 heteroatoms. The molecule has 0 saturated carbocycles. The van der Waals surface area contributed by atoms with Gasteiger partial charge in [-0.25, -0.2) is 4.79 Å². The van der Waals surface area contributed by atoms with Crippen LogP contribution >= 0.6 is 11.6 Å². The molecule has 1 heterocycles. The highest BCUT2D eigenvalue weighted by atomic mass is 35.5. The fourth-order valence-electron chi connectivity index (χ4n) is 3.81. The Bertz CT molecular complexity index is 968. The van der Waals surface area contributed by atoms with Crippen LogP contribution < -0.4 is 5.32 Å². The number of hydrogen-bond acceptors (Lipinski definition) is 6. The molecule has 190 valence electrons. The zero-order valence-electron chi connectivity index (χ0n) is 20.7. The van der Waals surface area contributed by atoms with Gasteiger partial charge in [-0.1, -0.05) is 48.0 Å². The van der Waals surface area contributed by atoms with Crippen molar-refractivity contribution in [1.82, 2.24) is 10.2 Å². The maximum absolute atomic E-state index is 12.6. The average Bonchev–Trinajstić information content (AvgIpc) is 2.79. The summed E-state index contributed by atoms with van der Waals surface area (Å²) in [6.45, 7) is 9.47. The molecule has 35 heavy (non-hydrogen) atoms. The van der Waals surface area contributed by atoms with Gasteiger partial charge in [-0.05, 0) is 56.0 Å². The zero-order chi connectivity index (χ0) is 25.3. The number of alkyl carbamates (subject to hydrolysis) is 1. The van der Waals surface area contributed by atoms with Crippen molar-refractivity contribution >= 4 is 23.7 Å². The summed E-state index contributed by atoms with van der Waals surface area (Å²) < 4.78 is 16.2. The van der Waals surface area contributed by atoms with E-state index in [9.17, 15) is 9.59 Å². The van der Waals surface area contributed by atoms with Gasteiger partial charge in [0.05, 0.1) is 19.6 Å². The second-order valence-corrected chi connectivity index (χ2v) is 10.1. The van der Waals surface area contributed by atoms with E-state index < -0.39 is 17.7 Å². The summed E-state index contributed by atoms with van der Waals surface area (Å²) in [6.07, 6.45) is -0.0365. The van der Waals surface area contributed by atoms with Crippen molar-refractivity contribution in [3.8, 4) is 11.1 Å². The number of nitrogens with one attached hydrogen (secondary N) is 1. The van der Waals surface area contributed by atoms with Crippen molar-refractivity contribution < 1.29 is 23.8 Å². The molecule has 1 aliphatic heterocycles. The molecule has 7 nitrogen and oxygen atoms in total. The summed E-state index contributed by atoms with van der Waals surface area (Å²) >= 11 is 6.11. The van der Waals surface area contributed by atoms with E-state index in [1.807, 2.05) is 48.5 Å². The summed E-state index contributed by atoms with van der Waals surface area (Å²) in [6, 6.07) is 15.2. The molecule has 0 spiro atoms. The standard InChI is InChI=1S/C27H35ClN2O5/c1-27(2,3)35-26(32)29-24(19-25(31)34-16-13-30-11-14-33-15-12-30)17-20-7-9-21(10-8-20)22-5-4-6-23(28)18-22/h4-10,18,24H,11-17,19H2,1-3H3,(H,29,32). The number of amides is 1. The Morgan fingerprint density at radius 2 is 1.80 bits per heavy atom. The van der Waals surface area contributed by atoms with Gasteiger partial charge < -0.3 is 19.5 Å². The van der Waals surface area contributed by atoms with Crippen LogP contribution in [0.2, 0.25) is 5.02 Å². The number of carbonyl (C=O) groups excluding carboxylic acids is 2. The van der Waals surface area contributed by atoms with Gasteiger partial charge in [-0.15, -0.1) is 0 Å². The number of morpholine rings is 1. The van der Waals surface area contributed by atoms with E-state index >= 15 is 0 Å². The molecule has 1 amide bonds. The highest BCUT2D eigenvalue weighted by Crippen LogP contribution is 2.23. The van der Waals surface area contributed by atoms with Crippen LogP contribution in [-0.2, 0) is 25.4 Å². The third kappa shape index (κ3) is 9.88. The number of esters is 1. The normalized spacial score (nSPS) is 15.3. The Morgan fingerprint density at radius 3 is 2.46 bits per heavy atom. The molecular weight excluding hydrogens is 468 g/mol. The molecule has 0 aliphatic carbocycles. The Labute approximate surface area is 212 Å². The molecule has 1 N–H and O–H groups in total. The first-order valence-corrected chi connectivity index (χ1v) is 12.4. The lowest BCUT2D eigenvalue weighted by Gasteiger charge is -2.26. The fourth-order valence-corrected chi connectivity index (χ4v) is 4.00. The van der Waals surface area contributed by atoms with Crippen molar-refractivity contribution in [2.45, 2.75) is 45.3 Å². The lowest BCUT2D eigenvalue weighted by molar-refractivity contribution is -0.144. The Hall–Kier alpha value is -2.61. The Kier molecular flexibility index (Phi) is 9.95. The lowest BCUT2D eigenvalue weighted by atomic mass is 9.99. The van der Waals surface area contributed by atoms with Crippen LogP contribution in [0.5, 0.6) is 0 Å². The van der Waals surface area contributed by atoms with Crippen LogP contribution in [0, 0.1) is 0 Å². The summed E-state index contributed by atoms with van der Waals surface area (Å²) in [5, 5.41) is 3.52. The van der Waals surface area contributed by atoms with E-state index in [1.165, 1.54) is 0 Å². The molecule has 1 atom stereocenters.